The fraction of sp³-hybridized carbons (Fsp3) is 0.310. The molecular weight excluding hydrogens is 1180 g/mol. The molecule has 0 saturated carbocycles. The van der Waals surface area contributed by atoms with Crippen molar-refractivity contribution in [1.29, 1.82) is 0 Å². The van der Waals surface area contributed by atoms with Crippen molar-refractivity contribution >= 4 is 50.5 Å². The number of anilines is 3. The number of aliphatic hydroxyl groups excluding tert-OH is 3. The van der Waals surface area contributed by atoms with Crippen molar-refractivity contribution in [2.75, 3.05) is 115 Å². The van der Waals surface area contributed by atoms with Crippen molar-refractivity contribution in [2.45, 2.75) is 78.2 Å². The predicted octanol–water partition coefficient (Wildman–Crippen LogP) is 16.8. The molecule has 0 amide bonds. The van der Waals surface area contributed by atoms with Crippen molar-refractivity contribution in [1.82, 2.24) is 14.7 Å². The fourth-order valence-corrected chi connectivity index (χ4v) is 13.4. The summed E-state index contributed by atoms with van der Waals surface area (Å²) in [5, 5.41) is 28.7. The van der Waals surface area contributed by atoms with Crippen LogP contribution >= 0.6 is 0 Å². The molecule has 5 N–H and O–H groups in total. The minimum atomic E-state index is 0.174. The van der Waals surface area contributed by atoms with Gasteiger partial charge in [0.25, 0.3) is 0 Å². The molecule has 12 rings (SSSR count). The van der Waals surface area contributed by atoms with Gasteiger partial charge in [-0.15, -0.1) is 0 Å². The van der Waals surface area contributed by atoms with E-state index in [0.717, 1.165) is 115 Å². The third-order valence-corrected chi connectivity index (χ3v) is 19.3. The Morgan fingerprint density at radius 1 is 0.365 bits per heavy atom. The third-order valence-electron chi connectivity index (χ3n) is 19.3. The van der Waals surface area contributed by atoms with Crippen LogP contribution in [0.5, 0.6) is 0 Å². The maximum atomic E-state index is 9.59. The largest absolute Gasteiger partial charge is 0.399 e. The first-order valence-corrected chi connectivity index (χ1v) is 35.0. The maximum absolute atomic E-state index is 9.59. The maximum Gasteiger partial charge on any atom is 0.0434 e. The number of piperazine rings is 2. The molecule has 3 aliphatic heterocycles. The van der Waals surface area contributed by atoms with Crippen LogP contribution in [0.3, 0.4) is 0 Å². The average Bonchev–Trinajstić information content (AvgIpc) is 0.823. The van der Waals surface area contributed by atoms with Gasteiger partial charge in [-0.3, -0.25) is 4.90 Å². The molecule has 9 heteroatoms. The number of likely N-dealkylation sites (N-methyl/N-ethyl adjacent to an activating group) is 2. The van der Waals surface area contributed by atoms with Crippen molar-refractivity contribution < 1.29 is 15.3 Å². The van der Waals surface area contributed by atoms with E-state index in [-0.39, 0.29) is 19.8 Å². The number of nitrogens with zero attached hydrogens (tertiary/aromatic N) is 5. The van der Waals surface area contributed by atoms with E-state index in [1.54, 1.807) is 0 Å². The molecule has 0 bridgehead atoms. The monoisotopic (exact) mass is 1280 g/mol. The van der Waals surface area contributed by atoms with Gasteiger partial charge in [-0.1, -0.05) is 211 Å². The average molecular weight is 1280 g/mol. The van der Waals surface area contributed by atoms with Crippen molar-refractivity contribution in [3.8, 4) is 0 Å². The standard InChI is InChI=1S/C30H35NO.C29H34N2O.C28H33N3O/c1-22(2)31-20-28(21-31)24-15-17-27(18-16-24)30(26-13-11-23(3)12-14-26)29(10-7-19-32)25-8-5-4-6-9-25;1-23-10-12-25(13-11-23)29(28(9-6-22-32)24-7-4-3-5-8-24)26-14-16-27(17-15-26)31-20-18-30(2)19-21-31;1-30-17-19-31(20-18-30)26-15-11-24(12-16-26)28(23-9-13-25(29)14-10-23)27(8-5-21-32)22-6-3-2-4-7-22/h4-6,8-9,11-18,22,28,32H,7,10,19-21H2,1-3H3;3-5,7-8,10-17,32H,6,9,18-22H2,1-2H3;2-4,6-7,9-16,32H,5,8,17-21,29H2,1H3/b30-29-;29-28-;28-27-. The second kappa shape index (κ2) is 35.4. The molecule has 96 heavy (non-hydrogen) atoms. The van der Waals surface area contributed by atoms with Gasteiger partial charge in [0.1, 0.15) is 0 Å². The van der Waals surface area contributed by atoms with Gasteiger partial charge in [-0.25, -0.2) is 0 Å². The Hall–Kier alpha value is -8.64. The Labute approximate surface area is 573 Å². The minimum absolute atomic E-state index is 0.174. The van der Waals surface area contributed by atoms with E-state index < -0.39 is 0 Å². The first kappa shape index (κ1) is 70.2. The first-order chi connectivity index (χ1) is 46.9. The second-order valence-electron chi connectivity index (χ2n) is 26.5. The minimum Gasteiger partial charge on any atom is -0.399 e. The van der Waals surface area contributed by atoms with Crippen LogP contribution in [0.2, 0.25) is 0 Å². The smallest absolute Gasteiger partial charge is 0.0434 e. The molecule has 0 unspecified atom stereocenters. The number of rotatable bonds is 22. The lowest BCUT2D eigenvalue weighted by molar-refractivity contribution is 0.110. The molecule has 3 heterocycles. The molecule has 9 aromatic rings. The lowest BCUT2D eigenvalue weighted by Gasteiger charge is -2.42. The van der Waals surface area contributed by atoms with E-state index in [1.807, 2.05) is 18.2 Å². The number of nitrogen functional groups attached to an aromatic ring is 1. The van der Waals surface area contributed by atoms with Crippen LogP contribution in [0.4, 0.5) is 17.1 Å². The van der Waals surface area contributed by atoms with Gasteiger partial charge in [-0.2, -0.15) is 0 Å². The van der Waals surface area contributed by atoms with Gasteiger partial charge in [-0.05, 0) is 206 Å². The summed E-state index contributed by atoms with van der Waals surface area (Å²) in [5.41, 5.74) is 31.7. The van der Waals surface area contributed by atoms with E-state index in [1.165, 1.54) is 106 Å². The molecule has 9 aromatic carbocycles. The number of aryl methyl sites for hydroxylation is 2. The highest BCUT2D eigenvalue weighted by atomic mass is 16.3. The Bertz CT molecular complexity index is 3710. The van der Waals surface area contributed by atoms with Crippen LogP contribution in [0.1, 0.15) is 125 Å². The van der Waals surface area contributed by atoms with Crippen molar-refractivity contribution in [3.05, 3.63) is 303 Å². The molecule has 3 aliphatic rings. The summed E-state index contributed by atoms with van der Waals surface area (Å²) in [6.07, 6.45) is 4.72. The number of hydrogen-bond acceptors (Lipinski definition) is 9. The van der Waals surface area contributed by atoms with Crippen molar-refractivity contribution in [2.24, 2.45) is 0 Å². The number of nitrogens with two attached hydrogens (primary N) is 1. The molecule has 3 saturated heterocycles. The highest BCUT2D eigenvalue weighted by Crippen LogP contribution is 2.40. The zero-order valence-electron chi connectivity index (χ0n) is 57.8. The summed E-state index contributed by atoms with van der Waals surface area (Å²) >= 11 is 0. The van der Waals surface area contributed by atoms with E-state index in [0.29, 0.717) is 12.0 Å². The van der Waals surface area contributed by atoms with Crippen LogP contribution in [-0.4, -0.2) is 135 Å². The van der Waals surface area contributed by atoms with Crippen LogP contribution in [0.25, 0.3) is 33.4 Å². The highest BCUT2D eigenvalue weighted by molar-refractivity contribution is 6.01. The van der Waals surface area contributed by atoms with Crippen LogP contribution in [0.15, 0.2) is 237 Å². The third kappa shape index (κ3) is 18.9. The number of allylic oxidation sites excluding steroid dienone is 3. The topological polar surface area (TPSA) is 103 Å². The molecular formula is C87H102N6O3. The Morgan fingerprint density at radius 2 is 0.646 bits per heavy atom. The summed E-state index contributed by atoms with van der Waals surface area (Å²) in [4.78, 5) is 12.2. The zero-order valence-corrected chi connectivity index (χ0v) is 57.8. The number of hydrogen-bond donors (Lipinski definition) is 4. The zero-order chi connectivity index (χ0) is 67.2. The predicted molar refractivity (Wildman–Crippen MR) is 407 cm³/mol. The van der Waals surface area contributed by atoms with Crippen LogP contribution in [0, 0.1) is 13.8 Å². The summed E-state index contributed by atoms with van der Waals surface area (Å²) < 4.78 is 0. The number of aliphatic hydroxyl groups is 3. The Morgan fingerprint density at radius 3 is 0.938 bits per heavy atom. The summed E-state index contributed by atoms with van der Waals surface area (Å²) in [6.45, 7) is 20.3. The molecule has 0 aromatic heterocycles. The van der Waals surface area contributed by atoms with Gasteiger partial charge >= 0.3 is 0 Å². The van der Waals surface area contributed by atoms with E-state index in [9.17, 15) is 15.3 Å². The molecule has 0 spiro atoms. The lowest BCUT2D eigenvalue weighted by Crippen LogP contribution is -2.48. The molecule has 498 valence electrons. The Kier molecular flexibility index (Phi) is 25.9. The van der Waals surface area contributed by atoms with Crippen LogP contribution in [-0.2, 0) is 0 Å². The number of likely N-dealkylation sites (tertiary alicyclic amines) is 1. The second-order valence-corrected chi connectivity index (χ2v) is 26.5. The molecule has 0 aliphatic carbocycles. The molecule has 0 radical (unpaired) electrons. The van der Waals surface area contributed by atoms with Gasteiger partial charge in [0, 0.05) is 114 Å². The van der Waals surface area contributed by atoms with Gasteiger partial charge in [0.2, 0.25) is 0 Å². The summed E-state index contributed by atoms with van der Waals surface area (Å²) in [5.74, 6) is 0.640. The summed E-state index contributed by atoms with van der Waals surface area (Å²) in [7, 11) is 4.37. The molecule has 0 atom stereocenters. The van der Waals surface area contributed by atoms with Crippen molar-refractivity contribution in [3.63, 3.8) is 0 Å². The molecule has 3 fully saturated rings. The first-order valence-electron chi connectivity index (χ1n) is 35.0. The Balaban J connectivity index is 0.000000157. The van der Waals surface area contributed by atoms with Gasteiger partial charge < -0.3 is 40.7 Å². The lowest BCUT2D eigenvalue weighted by atomic mass is 9.85. The van der Waals surface area contributed by atoms with E-state index >= 15 is 0 Å². The highest BCUT2D eigenvalue weighted by Gasteiger charge is 2.30. The number of benzene rings is 9. The normalized spacial score (nSPS) is 15.5. The van der Waals surface area contributed by atoms with E-state index in [4.69, 9.17) is 5.73 Å². The van der Waals surface area contributed by atoms with Gasteiger partial charge in [0.15, 0.2) is 0 Å². The quantitative estimate of drug-likeness (QED) is 0.0390. The van der Waals surface area contributed by atoms with E-state index in [2.05, 4.69) is 285 Å². The molecule has 9 nitrogen and oxygen atoms in total. The van der Waals surface area contributed by atoms with Crippen LogP contribution < -0.4 is 15.5 Å². The van der Waals surface area contributed by atoms with Gasteiger partial charge in [0.05, 0.1) is 0 Å². The summed E-state index contributed by atoms with van der Waals surface area (Å²) in [6, 6.07) is 85.4. The SMILES string of the molecule is CN1CCN(c2ccc(/C(=C(/CCCO)c3ccccc3)c3ccc(N)cc3)cc2)CC1.Cc1ccc(/C(=C(\CCCO)c2ccccc2)c2ccc(C3CN(C(C)C)C3)cc2)cc1.Cc1ccc(/C(=C(\CCCO)c2ccccc2)c2ccc(N3CCN(C)CC3)cc2)cc1. The fourth-order valence-electron chi connectivity index (χ4n) is 13.4.